The number of carbonyl (C=O) groups excluding carboxylic acids is 4. The van der Waals surface area contributed by atoms with Gasteiger partial charge in [-0.1, -0.05) is 33.1 Å². The average molecular weight is 574 g/mol. The number of hydrogen-bond acceptors (Lipinski definition) is 7. The lowest BCUT2D eigenvalue weighted by molar-refractivity contribution is -0.161. The first-order valence-electron chi connectivity index (χ1n) is 13.3. The standard InChI is InChI=1S/C26H41BrN2O5S/c1-3-19(25(33)34-23-21(30)7-8-22(23)31)14-20(16(2)35)24(32)29-26(15-28-27)11-9-18(10-12-26)13-17-5-4-6-17/h16-20,23,28,35H,3-15H2,1-2H3,(H,29,32). The van der Waals surface area contributed by atoms with Crippen LogP contribution in [0.15, 0.2) is 0 Å². The van der Waals surface area contributed by atoms with E-state index >= 15 is 0 Å². The Morgan fingerprint density at radius 3 is 2.20 bits per heavy atom. The maximum atomic E-state index is 13.5. The molecule has 0 aliphatic heterocycles. The zero-order chi connectivity index (χ0) is 25.6. The van der Waals surface area contributed by atoms with E-state index in [1.54, 1.807) is 0 Å². The summed E-state index contributed by atoms with van der Waals surface area (Å²) in [5, 5.41) is 3.06. The van der Waals surface area contributed by atoms with Gasteiger partial charge in [-0.05, 0) is 56.8 Å². The average Bonchev–Trinajstić information content (AvgIpc) is 3.10. The highest BCUT2D eigenvalue weighted by molar-refractivity contribution is 9.08. The van der Waals surface area contributed by atoms with Crippen molar-refractivity contribution >= 4 is 52.2 Å². The molecule has 3 saturated carbocycles. The van der Waals surface area contributed by atoms with Crippen LogP contribution in [0.2, 0.25) is 0 Å². The molecule has 3 rings (SSSR count). The molecule has 7 nitrogen and oxygen atoms in total. The summed E-state index contributed by atoms with van der Waals surface area (Å²) < 4.78 is 8.39. The van der Waals surface area contributed by atoms with Crippen molar-refractivity contribution in [2.24, 2.45) is 23.7 Å². The van der Waals surface area contributed by atoms with Crippen LogP contribution in [0.25, 0.3) is 0 Å². The Labute approximate surface area is 223 Å². The Morgan fingerprint density at radius 1 is 1.11 bits per heavy atom. The summed E-state index contributed by atoms with van der Waals surface area (Å²) in [6.45, 7) is 4.34. The van der Waals surface area contributed by atoms with Crippen molar-refractivity contribution in [2.75, 3.05) is 6.54 Å². The van der Waals surface area contributed by atoms with Crippen LogP contribution in [0.5, 0.6) is 0 Å². The molecule has 0 aromatic heterocycles. The molecule has 35 heavy (non-hydrogen) atoms. The third kappa shape index (κ3) is 7.54. The lowest BCUT2D eigenvalue weighted by Crippen LogP contribution is -2.57. The van der Waals surface area contributed by atoms with Gasteiger partial charge in [0.1, 0.15) is 0 Å². The van der Waals surface area contributed by atoms with Crippen molar-refractivity contribution in [3.8, 4) is 0 Å². The maximum absolute atomic E-state index is 13.5. The zero-order valence-corrected chi connectivity index (χ0v) is 23.5. The molecule has 3 aliphatic carbocycles. The van der Waals surface area contributed by atoms with Crippen molar-refractivity contribution in [3.63, 3.8) is 0 Å². The molecule has 0 aromatic carbocycles. The summed E-state index contributed by atoms with van der Waals surface area (Å²) in [4.78, 5) is 50.1. The molecular formula is C26H41BrN2O5S. The molecule has 3 atom stereocenters. The van der Waals surface area contributed by atoms with Gasteiger partial charge in [-0.25, -0.2) is 0 Å². The van der Waals surface area contributed by atoms with E-state index in [4.69, 9.17) is 4.74 Å². The van der Waals surface area contributed by atoms with Crippen molar-refractivity contribution < 1.29 is 23.9 Å². The Morgan fingerprint density at radius 2 is 1.71 bits per heavy atom. The SMILES string of the molecule is CCC(CC(C(=O)NC1(CNBr)CCC(CC2CCC2)CC1)C(C)S)C(=O)OC1C(=O)CCC1=O. The molecule has 0 saturated heterocycles. The number of thiol groups is 1. The normalized spacial score (nSPS) is 28.3. The second-order valence-corrected chi connectivity index (χ2v) is 12.4. The first kappa shape index (κ1) is 28.6. The van der Waals surface area contributed by atoms with E-state index in [1.165, 1.54) is 25.7 Å². The highest BCUT2D eigenvalue weighted by Crippen LogP contribution is 2.40. The predicted octanol–water partition coefficient (Wildman–Crippen LogP) is 4.32. The first-order valence-corrected chi connectivity index (χ1v) is 14.6. The molecule has 0 spiro atoms. The van der Waals surface area contributed by atoms with Gasteiger partial charge in [0.2, 0.25) is 12.0 Å². The summed E-state index contributed by atoms with van der Waals surface area (Å²) in [6.07, 6.45) is 9.18. The Kier molecular flexibility index (Phi) is 10.7. The fourth-order valence-corrected chi connectivity index (χ4v) is 6.58. The van der Waals surface area contributed by atoms with E-state index in [9.17, 15) is 19.2 Å². The quantitative estimate of drug-likeness (QED) is 0.139. The largest absolute Gasteiger partial charge is 0.446 e. The fourth-order valence-electron chi connectivity index (χ4n) is 5.78. The van der Waals surface area contributed by atoms with Crippen molar-refractivity contribution in [3.05, 3.63) is 0 Å². The van der Waals surface area contributed by atoms with Crippen LogP contribution in [-0.4, -0.2) is 46.9 Å². The van der Waals surface area contributed by atoms with E-state index in [1.807, 2.05) is 13.8 Å². The van der Waals surface area contributed by atoms with Gasteiger partial charge in [-0.2, -0.15) is 12.6 Å². The minimum atomic E-state index is -1.28. The third-order valence-corrected chi connectivity index (χ3v) is 9.11. The number of nitrogens with one attached hydrogen (secondary N) is 2. The van der Waals surface area contributed by atoms with Crippen molar-refractivity contribution in [1.29, 1.82) is 0 Å². The van der Waals surface area contributed by atoms with Gasteiger partial charge in [0, 0.05) is 40.8 Å². The van der Waals surface area contributed by atoms with Gasteiger partial charge < -0.3 is 10.1 Å². The van der Waals surface area contributed by atoms with Gasteiger partial charge >= 0.3 is 5.97 Å². The first-order chi connectivity index (χ1) is 16.7. The highest BCUT2D eigenvalue weighted by atomic mass is 79.9. The molecule has 0 aromatic rings. The Hall–Kier alpha value is -0.930. The van der Waals surface area contributed by atoms with E-state index in [-0.39, 0.29) is 47.5 Å². The second-order valence-electron chi connectivity index (χ2n) is 11.0. The number of ketones is 2. The number of Topliss-reactive ketones (excluding diaryl/α,β-unsaturated/α-hetero) is 2. The molecule has 3 unspecified atom stereocenters. The van der Waals surface area contributed by atoms with Crippen LogP contribution in [0.4, 0.5) is 0 Å². The number of amides is 1. The second kappa shape index (κ2) is 13.0. The van der Waals surface area contributed by atoms with Crippen LogP contribution < -0.4 is 9.66 Å². The van der Waals surface area contributed by atoms with Gasteiger partial charge in [0.15, 0.2) is 11.6 Å². The van der Waals surface area contributed by atoms with Gasteiger partial charge in [0.25, 0.3) is 0 Å². The van der Waals surface area contributed by atoms with Crippen LogP contribution in [0.3, 0.4) is 0 Å². The highest BCUT2D eigenvalue weighted by Gasteiger charge is 2.41. The van der Waals surface area contributed by atoms with Crippen LogP contribution >= 0.6 is 28.8 Å². The van der Waals surface area contributed by atoms with Crippen molar-refractivity contribution in [2.45, 2.75) is 108 Å². The Balaban J connectivity index is 1.60. The van der Waals surface area contributed by atoms with E-state index in [0.717, 1.165) is 37.5 Å². The number of rotatable bonds is 12. The zero-order valence-electron chi connectivity index (χ0n) is 21.0. The molecule has 0 bridgehead atoms. The van der Waals surface area contributed by atoms with Gasteiger partial charge in [-0.15, -0.1) is 0 Å². The fraction of sp³-hybridized carbons (Fsp3) is 0.846. The molecule has 9 heteroatoms. The van der Waals surface area contributed by atoms with Crippen LogP contribution in [0, 0.1) is 23.7 Å². The smallest absolute Gasteiger partial charge is 0.310 e. The monoisotopic (exact) mass is 572 g/mol. The van der Waals surface area contributed by atoms with Crippen LogP contribution in [-0.2, 0) is 23.9 Å². The molecule has 198 valence electrons. The molecule has 0 heterocycles. The van der Waals surface area contributed by atoms with Crippen molar-refractivity contribution in [1.82, 2.24) is 9.66 Å². The van der Waals surface area contributed by atoms with Crippen LogP contribution in [0.1, 0.15) is 90.9 Å². The van der Waals surface area contributed by atoms with Gasteiger partial charge in [-0.3, -0.25) is 23.5 Å². The lowest BCUT2D eigenvalue weighted by atomic mass is 9.70. The lowest BCUT2D eigenvalue weighted by Gasteiger charge is -2.43. The van der Waals surface area contributed by atoms with E-state index in [2.05, 4.69) is 38.4 Å². The number of carbonyl (C=O) groups is 4. The van der Waals surface area contributed by atoms with E-state index < -0.39 is 23.9 Å². The number of ether oxygens (including phenoxy) is 1. The molecule has 3 aliphatic rings. The maximum Gasteiger partial charge on any atom is 0.310 e. The predicted molar refractivity (Wildman–Crippen MR) is 141 cm³/mol. The molecule has 2 N–H and O–H groups in total. The van der Waals surface area contributed by atoms with E-state index in [0.29, 0.717) is 13.0 Å². The Bertz CT molecular complexity index is 764. The molecular weight excluding hydrogens is 532 g/mol. The number of halogens is 1. The summed E-state index contributed by atoms with van der Waals surface area (Å²) in [5.74, 6) is -0.810. The summed E-state index contributed by atoms with van der Waals surface area (Å²) in [6, 6.07) is 0. The molecule has 1 amide bonds. The molecule has 3 fully saturated rings. The summed E-state index contributed by atoms with van der Waals surface area (Å²) >= 11 is 7.92. The number of esters is 1. The summed E-state index contributed by atoms with van der Waals surface area (Å²) in [7, 11) is 0. The summed E-state index contributed by atoms with van der Waals surface area (Å²) in [5.41, 5.74) is -0.331. The minimum absolute atomic E-state index is 0.105. The third-order valence-electron chi connectivity index (χ3n) is 8.47. The molecule has 0 radical (unpaired) electrons. The topological polar surface area (TPSA) is 102 Å². The van der Waals surface area contributed by atoms with Gasteiger partial charge in [0.05, 0.1) is 17.4 Å². The minimum Gasteiger partial charge on any atom is -0.446 e. The number of hydrogen-bond donors (Lipinski definition) is 3.